The van der Waals surface area contributed by atoms with Crippen LogP contribution in [-0.2, 0) is 6.54 Å². The second-order valence-corrected chi connectivity index (χ2v) is 6.84. The highest BCUT2D eigenvalue weighted by Crippen LogP contribution is 2.46. The maximum atomic E-state index is 11.1. The van der Waals surface area contributed by atoms with Crippen LogP contribution in [-0.4, -0.2) is 35.0 Å². The Bertz CT molecular complexity index is 737. The molecule has 2 aromatic rings. The van der Waals surface area contributed by atoms with E-state index in [1.807, 2.05) is 24.3 Å². The van der Waals surface area contributed by atoms with E-state index in [0.29, 0.717) is 29.4 Å². The number of carbonyl (C=O) groups excluding carboxylic acids is 1. The van der Waals surface area contributed by atoms with Crippen LogP contribution in [0.2, 0.25) is 5.02 Å². The third kappa shape index (κ3) is 2.95. The number of fused-ring (bicyclic) bond motifs is 1. The minimum atomic E-state index is -0.503. The fourth-order valence-corrected chi connectivity index (χ4v) is 3.57. The Morgan fingerprint density at radius 2 is 1.83 bits per heavy atom. The van der Waals surface area contributed by atoms with Gasteiger partial charge in [-0.05, 0) is 29.5 Å². The molecule has 4 rings (SSSR count). The molecular formula is C17H18ClN5O. The zero-order valence-corrected chi connectivity index (χ0v) is 13.8. The van der Waals surface area contributed by atoms with Crippen molar-refractivity contribution in [1.82, 2.24) is 15.3 Å². The molecule has 1 aliphatic carbocycles. The topological polar surface area (TPSA) is 84.1 Å². The van der Waals surface area contributed by atoms with Crippen molar-refractivity contribution in [2.75, 3.05) is 18.0 Å². The van der Waals surface area contributed by atoms with E-state index in [2.05, 4.69) is 20.2 Å². The number of nitrogens with one attached hydrogen (secondary N) is 1. The van der Waals surface area contributed by atoms with E-state index in [9.17, 15) is 4.79 Å². The van der Waals surface area contributed by atoms with Crippen molar-refractivity contribution in [2.45, 2.75) is 12.6 Å². The normalized spacial score (nSPS) is 24.7. The molecule has 2 fully saturated rings. The predicted octanol–water partition coefficient (Wildman–Crippen LogP) is 1.45. The molecule has 1 aromatic carbocycles. The standard InChI is InChI=1S/C17H18ClN5O/c18-12-3-1-10(2-4-12)5-20-15-13-8-23(9-14(13)15)17-21-6-11(7-22-17)16(19)24/h1-4,6-7,13-15,20H,5,8-9H2,(H2,19,24). The average molecular weight is 344 g/mol. The second-order valence-electron chi connectivity index (χ2n) is 6.40. The van der Waals surface area contributed by atoms with Gasteiger partial charge in [-0.2, -0.15) is 0 Å². The van der Waals surface area contributed by atoms with Crippen molar-refractivity contribution >= 4 is 23.5 Å². The Hall–Kier alpha value is -2.18. The first-order chi connectivity index (χ1) is 11.6. The summed E-state index contributed by atoms with van der Waals surface area (Å²) in [5, 5.41) is 4.38. The van der Waals surface area contributed by atoms with Crippen LogP contribution >= 0.6 is 11.6 Å². The van der Waals surface area contributed by atoms with Gasteiger partial charge in [0.15, 0.2) is 0 Å². The Labute approximate surface area is 145 Å². The van der Waals surface area contributed by atoms with Crippen molar-refractivity contribution in [3.63, 3.8) is 0 Å². The van der Waals surface area contributed by atoms with Gasteiger partial charge in [-0.15, -0.1) is 0 Å². The van der Waals surface area contributed by atoms with Gasteiger partial charge >= 0.3 is 0 Å². The van der Waals surface area contributed by atoms with Crippen molar-refractivity contribution in [2.24, 2.45) is 17.6 Å². The van der Waals surface area contributed by atoms with Crippen LogP contribution in [0, 0.1) is 11.8 Å². The van der Waals surface area contributed by atoms with Gasteiger partial charge < -0.3 is 16.0 Å². The van der Waals surface area contributed by atoms with E-state index < -0.39 is 5.91 Å². The lowest BCUT2D eigenvalue weighted by atomic mass is 10.2. The van der Waals surface area contributed by atoms with Gasteiger partial charge in [0.1, 0.15) is 0 Å². The molecule has 3 N–H and O–H groups in total. The minimum absolute atomic E-state index is 0.339. The number of carbonyl (C=O) groups is 1. The minimum Gasteiger partial charge on any atom is -0.366 e. The van der Waals surface area contributed by atoms with Crippen LogP contribution in [0.3, 0.4) is 0 Å². The van der Waals surface area contributed by atoms with E-state index in [4.69, 9.17) is 17.3 Å². The summed E-state index contributed by atoms with van der Waals surface area (Å²) in [4.78, 5) is 21.7. The van der Waals surface area contributed by atoms with Crippen LogP contribution in [0.4, 0.5) is 5.95 Å². The highest BCUT2D eigenvalue weighted by atomic mass is 35.5. The highest BCUT2D eigenvalue weighted by Gasteiger charge is 2.55. The van der Waals surface area contributed by atoms with Gasteiger partial charge in [0.2, 0.25) is 5.95 Å². The fourth-order valence-electron chi connectivity index (χ4n) is 3.44. The SMILES string of the molecule is NC(=O)c1cnc(N2CC3C(C2)C3NCc2ccc(Cl)cc2)nc1. The smallest absolute Gasteiger partial charge is 0.251 e. The largest absolute Gasteiger partial charge is 0.366 e. The lowest BCUT2D eigenvalue weighted by molar-refractivity contribution is 0.0999. The number of nitrogens with two attached hydrogens (primary N) is 1. The van der Waals surface area contributed by atoms with Gasteiger partial charge in [-0.25, -0.2) is 9.97 Å². The van der Waals surface area contributed by atoms with Gasteiger partial charge in [0.25, 0.3) is 5.91 Å². The van der Waals surface area contributed by atoms with Crippen LogP contribution in [0.5, 0.6) is 0 Å². The molecule has 1 amide bonds. The number of hydrogen-bond acceptors (Lipinski definition) is 5. The Kier molecular flexibility index (Phi) is 3.86. The van der Waals surface area contributed by atoms with Crippen LogP contribution < -0.4 is 16.0 Å². The van der Waals surface area contributed by atoms with E-state index >= 15 is 0 Å². The molecule has 1 saturated carbocycles. The molecule has 124 valence electrons. The molecule has 2 atom stereocenters. The number of anilines is 1. The molecular weight excluding hydrogens is 326 g/mol. The number of aromatic nitrogens is 2. The molecule has 24 heavy (non-hydrogen) atoms. The molecule has 1 aliphatic heterocycles. The van der Waals surface area contributed by atoms with Crippen LogP contribution in [0.25, 0.3) is 0 Å². The average Bonchev–Trinajstić information content (AvgIpc) is 3.04. The summed E-state index contributed by atoms with van der Waals surface area (Å²) in [7, 11) is 0. The summed E-state index contributed by atoms with van der Waals surface area (Å²) in [5.41, 5.74) is 6.79. The molecule has 6 nitrogen and oxygen atoms in total. The van der Waals surface area contributed by atoms with Crippen LogP contribution in [0.1, 0.15) is 15.9 Å². The molecule has 2 unspecified atom stereocenters. The number of piperidine rings is 1. The summed E-state index contributed by atoms with van der Waals surface area (Å²) in [6.45, 7) is 2.75. The molecule has 1 aromatic heterocycles. The van der Waals surface area contributed by atoms with E-state index in [0.717, 1.165) is 24.7 Å². The first kappa shape index (κ1) is 15.4. The van der Waals surface area contributed by atoms with Crippen molar-refractivity contribution in [3.05, 3.63) is 52.8 Å². The van der Waals surface area contributed by atoms with E-state index in [-0.39, 0.29) is 0 Å². The van der Waals surface area contributed by atoms with Crippen molar-refractivity contribution in [3.8, 4) is 0 Å². The van der Waals surface area contributed by atoms with Crippen LogP contribution in [0.15, 0.2) is 36.7 Å². The van der Waals surface area contributed by atoms with Gasteiger partial charge in [-0.1, -0.05) is 23.7 Å². The zero-order chi connectivity index (χ0) is 16.7. The van der Waals surface area contributed by atoms with Gasteiger partial charge in [-0.3, -0.25) is 4.79 Å². The summed E-state index contributed by atoms with van der Waals surface area (Å²) in [6.07, 6.45) is 2.98. The third-order valence-corrected chi connectivity index (χ3v) is 5.11. The molecule has 0 radical (unpaired) electrons. The first-order valence-electron chi connectivity index (χ1n) is 7.96. The fraction of sp³-hybridized carbons (Fsp3) is 0.353. The number of benzene rings is 1. The molecule has 7 heteroatoms. The second kappa shape index (κ2) is 6.03. The quantitative estimate of drug-likeness (QED) is 0.858. The molecule has 2 heterocycles. The Balaban J connectivity index is 1.29. The number of nitrogens with zero attached hydrogens (tertiary/aromatic N) is 3. The maximum absolute atomic E-state index is 11.1. The summed E-state index contributed by atoms with van der Waals surface area (Å²) in [5.74, 6) is 1.44. The summed E-state index contributed by atoms with van der Waals surface area (Å²) in [6, 6.07) is 8.49. The van der Waals surface area contributed by atoms with Gasteiger partial charge in [0, 0.05) is 43.1 Å². The molecule has 2 aliphatic rings. The first-order valence-corrected chi connectivity index (χ1v) is 8.34. The van der Waals surface area contributed by atoms with E-state index in [1.165, 1.54) is 18.0 Å². The number of halogens is 1. The van der Waals surface area contributed by atoms with E-state index in [1.54, 1.807) is 0 Å². The number of amides is 1. The lowest BCUT2D eigenvalue weighted by Gasteiger charge is -2.20. The number of primary amides is 1. The zero-order valence-electron chi connectivity index (χ0n) is 13.0. The Morgan fingerprint density at radius 1 is 1.21 bits per heavy atom. The summed E-state index contributed by atoms with van der Waals surface area (Å²) >= 11 is 5.90. The Morgan fingerprint density at radius 3 is 2.42 bits per heavy atom. The molecule has 1 saturated heterocycles. The van der Waals surface area contributed by atoms with Crippen molar-refractivity contribution in [1.29, 1.82) is 0 Å². The highest BCUT2D eigenvalue weighted by molar-refractivity contribution is 6.30. The molecule has 0 bridgehead atoms. The molecule has 0 spiro atoms. The number of rotatable bonds is 5. The van der Waals surface area contributed by atoms with Crippen molar-refractivity contribution < 1.29 is 4.79 Å². The number of hydrogen-bond donors (Lipinski definition) is 2. The lowest BCUT2D eigenvalue weighted by Crippen LogP contribution is -2.32. The van der Waals surface area contributed by atoms with Gasteiger partial charge in [0.05, 0.1) is 5.56 Å². The third-order valence-electron chi connectivity index (χ3n) is 4.85. The monoisotopic (exact) mass is 343 g/mol. The predicted molar refractivity (Wildman–Crippen MR) is 91.8 cm³/mol. The maximum Gasteiger partial charge on any atom is 0.251 e. The summed E-state index contributed by atoms with van der Waals surface area (Å²) < 4.78 is 0.